The number of ether oxygens (including phenoxy) is 2. The molecule has 1 aliphatic heterocycles. The van der Waals surface area contributed by atoms with Crippen molar-refractivity contribution in [2.24, 2.45) is 0 Å². The van der Waals surface area contributed by atoms with E-state index in [9.17, 15) is 9.59 Å². The third kappa shape index (κ3) is 5.05. The van der Waals surface area contributed by atoms with Crippen LogP contribution in [-0.2, 0) is 4.79 Å². The van der Waals surface area contributed by atoms with Crippen molar-refractivity contribution in [1.29, 1.82) is 0 Å². The van der Waals surface area contributed by atoms with Crippen molar-refractivity contribution in [3.8, 4) is 11.5 Å². The SMILES string of the molecule is COc1cc(C(C)=O)ccc1OCCCC(=O)N1CCN(c2cc(C)nc3ncnn23)CC1. The molecule has 4 rings (SSSR count). The smallest absolute Gasteiger partial charge is 0.254 e. The van der Waals surface area contributed by atoms with Crippen LogP contribution in [0.3, 0.4) is 0 Å². The van der Waals surface area contributed by atoms with Crippen LogP contribution >= 0.6 is 0 Å². The van der Waals surface area contributed by atoms with E-state index in [1.165, 1.54) is 20.4 Å². The maximum absolute atomic E-state index is 12.7. The second-order valence-corrected chi connectivity index (χ2v) is 7.97. The molecule has 1 fully saturated rings. The molecule has 0 aliphatic carbocycles. The molecule has 0 radical (unpaired) electrons. The molecule has 174 valence electrons. The van der Waals surface area contributed by atoms with Gasteiger partial charge in [0.2, 0.25) is 5.91 Å². The Labute approximate surface area is 192 Å². The number of amides is 1. The molecule has 1 aliphatic rings. The minimum atomic E-state index is -0.0321. The summed E-state index contributed by atoms with van der Waals surface area (Å²) < 4.78 is 12.8. The normalized spacial score (nSPS) is 13.9. The highest BCUT2D eigenvalue weighted by Gasteiger charge is 2.23. The molecule has 2 aromatic heterocycles. The number of fused-ring (bicyclic) bond motifs is 1. The average molecular weight is 453 g/mol. The Kier molecular flexibility index (Phi) is 6.71. The van der Waals surface area contributed by atoms with Gasteiger partial charge in [0.25, 0.3) is 5.78 Å². The number of Topliss-reactive ketones (excluding diaryl/α,β-unsaturated/α-hetero) is 1. The fraction of sp³-hybridized carbons (Fsp3) is 0.435. The highest BCUT2D eigenvalue weighted by atomic mass is 16.5. The number of piperazine rings is 1. The van der Waals surface area contributed by atoms with E-state index in [0.29, 0.717) is 55.4 Å². The zero-order valence-corrected chi connectivity index (χ0v) is 19.2. The summed E-state index contributed by atoms with van der Waals surface area (Å²) in [6, 6.07) is 7.10. The molecule has 10 heteroatoms. The Balaban J connectivity index is 1.25. The Hall–Kier alpha value is -3.69. The highest BCUT2D eigenvalue weighted by molar-refractivity contribution is 5.94. The first-order valence-corrected chi connectivity index (χ1v) is 11.0. The maximum atomic E-state index is 12.7. The van der Waals surface area contributed by atoms with Crippen LogP contribution in [0.5, 0.6) is 11.5 Å². The van der Waals surface area contributed by atoms with E-state index < -0.39 is 0 Å². The van der Waals surface area contributed by atoms with Gasteiger partial charge >= 0.3 is 0 Å². The van der Waals surface area contributed by atoms with Crippen LogP contribution < -0.4 is 14.4 Å². The van der Waals surface area contributed by atoms with Gasteiger partial charge in [0.1, 0.15) is 12.1 Å². The first-order valence-electron chi connectivity index (χ1n) is 11.0. The summed E-state index contributed by atoms with van der Waals surface area (Å²) in [6.07, 6.45) is 2.51. The molecule has 3 heterocycles. The van der Waals surface area contributed by atoms with Crippen molar-refractivity contribution in [3.63, 3.8) is 0 Å². The lowest BCUT2D eigenvalue weighted by Gasteiger charge is -2.36. The number of ketones is 1. The van der Waals surface area contributed by atoms with E-state index in [1.54, 1.807) is 22.7 Å². The molecule has 1 saturated heterocycles. The summed E-state index contributed by atoms with van der Waals surface area (Å²) >= 11 is 0. The third-order valence-corrected chi connectivity index (χ3v) is 5.68. The van der Waals surface area contributed by atoms with Crippen LogP contribution in [0.2, 0.25) is 0 Å². The molecule has 33 heavy (non-hydrogen) atoms. The molecule has 10 nitrogen and oxygen atoms in total. The lowest BCUT2D eigenvalue weighted by molar-refractivity contribution is -0.131. The van der Waals surface area contributed by atoms with Crippen LogP contribution in [0, 0.1) is 6.92 Å². The van der Waals surface area contributed by atoms with Gasteiger partial charge in [-0.15, -0.1) is 0 Å². The van der Waals surface area contributed by atoms with E-state index in [4.69, 9.17) is 9.47 Å². The molecule has 1 aromatic carbocycles. The lowest BCUT2D eigenvalue weighted by Crippen LogP contribution is -2.49. The van der Waals surface area contributed by atoms with Gasteiger partial charge in [0.15, 0.2) is 17.3 Å². The Bertz CT molecular complexity index is 1150. The summed E-state index contributed by atoms with van der Waals surface area (Å²) in [6.45, 7) is 6.58. The Morgan fingerprint density at radius 3 is 2.61 bits per heavy atom. The van der Waals surface area contributed by atoms with E-state index in [1.807, 2.05) is 17.9 Å². The molecule has 0 atom stereocenters. The van der Waals surface area contributed by atoms with Crippen LogP contribution in [0.4, 0.5) is 5.82 Å². The monoisotopic (exact) mass is 452 g/mol. The molecule has 3 aromatic rings. The topological polar surface area (TPSA) is 102 Å². The van der Waals surface area contributed by atoms with Gasteiger partial charge in [-0.1, -0.05) is 0 Å². The predicted octanol–water partition coefficient (Wildman–Crippen LogP) is 2.15. The summed E-state index contributed by atoms with van der Waals surface area (Å²) in [4.78, 5) is 36.9. The van der Waals surface area contributed by atoms with E-state index in [-0.39, 0.29) is 11.7 Å². The minimum Gasteiger partial charge on any atom is -0.493 e. The number of aryl methyl sites for hydroxylation is 1. The maximum Gasteiger partial charge on any atom is 0.254 e. The number of hydrogen-bond acceptors (Lipinski definition) is 8. The van der Waals surface area contributed by atoms with Gasteiger partial charge in [-0.2, -0.15) is 14.6 Å². The van der Waals surface area contributed by atoms with Gasteiger partial charge in [-0.05, 0) is 38.5 Å². The van der Waals surface area contributed by atoms with Crippen LogP contribution in [0.25, 0.3) is 5.78 Å². The highest BCUT2D eigenvalue weighted by Crippen LogP contribution is 2.28. The lowest BCUT2D eigenvalue weighted by atomic mass is 10.1. The molecule has 0 N–H and O–H groups in total. The summed E-state index contributed by atoms with van der Waals surface area (Å²) in [5.74, 6) is 2.69. The molecule has 0 saturated carbocycles. The zero-order chi connectivity index (χ0) is 23.4. The zero-order valence-electron chi connectivity index (χ0n) is 19.2. The van der Waals surface area contributed by atoms with Crippen molar-refractivity contribution in [2.45, 2.75) is 26.7 Å². The predicted molar refractivity (Wildman–Crippen MR) is 122 cm³/mol. The molecular formula is C23H28N6O4. The molecule has 0 unspecified atom stereocenters. The van der Waals surface area contributed by atoms with Crippen molar-refractivity contribution >= 4 is 23.3 Å². The van der Waals surface area contributed by atoms with Crippen molar-refractivity contribution in [1.82, 2.24) is 24.5 Å². The standard InChI is InChI=1S/C23H28N6O4/c1-16-13-21(29-23(26-16)24-15-25-29)27-8-10-28(11-9-27)22(31)5-4-12-33-19-7-6-18(17(2)30)14-20(19)32-3/h6-7,13-15H,4-5,8-12H2,1-3H3. The first kappa shape index (κ1) is 22.5. The Morgan fingerprint density at radius 1 is 1.09 bits per heavy atom. The van der Waals surface area contributed by atoms with Gasteiger partial charge in [0, 0.05) is 49.9 Å². The van der Waals surface area contributed by atoms with E-state index >= 15 is 0 Å². The van der Waals surface area contributed by atoms with Crippen LogP contribution in [0.15, 0.2) is 30.6 Å². The number of anilines is 1. The first-order chi connectivity index (χ1) is 16.0. The van der Waals surface area contributed by atoms with E-state index in [2.05, 4.69) is 20.0 Å². The Morgan fingerprint density at radius 2 is 1.88 bits per heavy atom. The number of nitrogens with zero attached hydrogens (tertiary/aromatic N) is 6. The van der Waals surface area contributed by atoms with Crippen molar-refractivity contribution in [3.05, 3.63) is 41.9 Å². The fourth-order valence-electron chi connectivity index (χ4n) is 3.89. The quantitative estimate of drug-likeness (QED) is 0.378. The molecular weight excluding hydrogens is 424 g/mol. The van der Waals surface area contributed by atoms with Gasteiger partial charge in [0.05, 0.1) is 13.7 Å². The van der Waals surface area contributed by atoms with Crippen LogP contribution in [-0.4, -0.2) is 76.1 Å². The fourth-order valence-corrected chi connectivity index (χ4v) is 3.89. The largest absolute Gasteiger partial charge is 0.493 e. The molecule has 1 amide bonds. The van der Waals surface area contributed by atoms with Gasteiger partial charge in [-0.3, -0.25) is 9.59 Å². The number of aromatic nitrogens is 4. The number of carbonyl (C=O) groups is 2. The van der Waals surface area contributed by atoms with E-state index in [0.717, 1.165) is 24.6 Å². The number of methoxy groups -OCH3 is 1. The number of hydrogen-bond donors (Lipinski definition) is 0. The van der Waals surface area contributed by atoms with Gasteiger partial charge < -0.3 is 19.3 Å². The summed E-state index contributed by atoms with van der Waals surface area (Å²) in [5.41, 5.74) is 1.46. The molecule has 0 bridgehead atoms. The summed E-state index contributed by atoms with van der Waals surface area (Å²) in [7, 11) is 1.54. The minimum absolute atomic E-state index is 0.0321. The average Bonchev–Trinajstić information content (AvgIpc) is 3.29. The number of rotatable bonds is 8. The van der Waals surface area contributed by atoms with Gasteiger partial charge in [-0.25, -0.2) is 4.98 Å². The third-order valence-electron chi connectivity index (χ3n) is 5.68. The number of benzene rings is 1. The van der Waals surface area contributed by atoms with Crippen molar-refractivity contribution in [2.75, 3.05) is 44.8 Å². The summed E-state index contributed by atoms with van der Waals surface area (Å²) in [5, 5.41) is 4.27. The second-order valence-electron chi connectivity index (χ2n) is 7.97. The van der Waals surface area contributed by atoms with Crippen molar-refractivity contribution < 1.29 is 19.1 Å². The number of carbonyl (C=O) groups excluding carboxylic acids is 2. The molecule has 0 spiro atoms. The van der Waals surface area contributed by atoms with Crippen LogP contribution in [0.1, 0.15) is 35.8 Å². The second kappa shape index (κ2) is 9.85.